The van der Waals surface area contributed by atoms with Crippen molar-refractivity contribution in [1.82, 2.24) is 0 Å². The summed E-state index contributed by atoms with van der Waals surface area (Å²) < 4.78 is 0. The molecule has 1 aromatic carbocycles. The molecule has 1 aromatic rings. The normalized spacial score (nSPS) is 12.5. The minimum Gasteiger partial charge on any atom is -0.508 e. The highest BCUT2D eigenvalue weighted by molar-refractivity contribution is 5.38. The van der Waals surface area contributed by atoms with Crippen LogP contribution in [0.4, 0.5) is 0 Å². The van der Waals surface area contributed by atoms with Gasteiger partial charge in [-0.3, -0.25) is 0 Å². The molecule has 13 heavy (non-hydrogen) atoms. The molecule has 1 rings (SSSR count). The standard InChI is InChI=1S/C12H16O/c1-4-10(9(2)3)11-7-5-6-8-12(11)13/h5-8,10,13H,2,4H2,1,3H3. The summed E-state index contributed by atoms with van der Waals surface area (Å²) in [6, 6.07) is 7.46. The van der Waals surface area contributed by atoms with E-state index < -0.39 is 0 Å². The third-order valence-corrected chi connectivity index (χ3v) is 2.32. The van der Waals surface area contributed by atoms with Crippen LogP contribution in [0.5, 0.6) is 5.75 Å². The van der Waals surface area contributed by atoms with Crippen LogP contribution in [-0.4, -0.2) is 5.11 Å². The van der Waals surface area contributed by atoms with Gasteiger partial charge < -0.3 is 5.11 Å². The van der Waals surface area contributed by atoms with Gasteiger partial charge in [0.15, 0.2) is 0 Å². The molecule has 0 saturated heterocycles. The lowest BCUT2D eigenvalue weighted by molar-refractivity contribution is 0.463. The molecule has 1 nitrogen and oxygen atoms in total. The Morgan fingerprint density at radius 3 is 2.54 bits per heavy atom. The Labute approximate surface area is 79.7 Å². The zero-order chi connectivity index (χ0) is 9.84. The summed E-state index contributed by atoms with van der Waals surface area (Å²) in [5.74, 6) is 0.651. The first-order valence-electron chi connectivity index (χ1n) is 4.60. The fourth-order valence-corrected chi connectivity index (χ4v) is 1.62. The Kier molecular flexibility index (Phi) is 3.13. The predicted molar refractivity (Wildman–Crippen MR) is 56.0 cm³/mol. The Bertz CT molecular complexity index is 302. The molecule has 1 heteroatoms. The van der Waals surface area contributed by atoms with Crippen molar-refractivity contribution in [3.05, 3.63) is 42.0 Å². The molecule has 1 unspecified atom stereocenters. The van der Waals surface area contributed by atoms with E-state index in [-0.39, 0.29) is 5.92 Å². The molecule has 0 fully saturated rings. The lowest BCUT2D eigenvalue weighted by Gasteiger charge is -2.16. The van der Waals surface area contributed by atoms with Gasteiger partial charge in [0.2, 0.25) is 0 Å². The van der Waals surface area contributed by atoms with Gasteiger partial charge >= 0.3 is 0 Å². The van der Waals surface area contributed by atoms with Crippen molar-refractivity contribution >= 4 is 0 Å². The Morgan fingerprint density at radius 2 is 2.08 bits per heavy atom. The van der Waals surface area contributed by atoms with Crippen molar-refractivity contribution in [3.63, 3.8) is 0 Å². The van der Waals surface area contributed by atoms with Gasteiger partial charge in [0.25, 0.3) is 0 Å². The maximum Gasteiger partial charge on any atom is 0.119 e. The molecule has 0 amide bonds. The minimum atomic E-state index is 0.279. The van der Waals surface area contributed by atoms with Crippen LogP contribution in [0.2, 0.25) is 0 Å². The van der Waals surface area contributed by atoms with Crippen LogP contribution >= 0.6 is 0 Å². The van der Waals surface area contributed by atoms with Crippen LogP contribution in [0, 0.1) is 0 Å². The molecule has 0 spiro atoms. The minimum absolute atomic E-state index is 0.279. The number of hydrogen-bond acceptors (Lipinski definition) is 1. The summed E-state index contributed by atoms with van der Waals surface area (Å²) >= 11 is 0. The molecule has 0 heterocycles. The smallest absolute Gasteiger partial charge is 0.119 e. The Balaban J connectivity index is 3.04. The van der Waals surface area contributed by atoms with Gasteiger partial charge in [-0.05, 0) is 19.4 Å². The van der Waals surface area contributed by atoms with Gasteiger partial charge in [-0.1, -0.05) is 37.3 Å². The van der Waals surface area contributed by atoms with E-state index in [0.29, 0.717) is 5.75 Å². The fourth-order valence-electron chi connectivity index (χ4n) is 1.62. The summed E-state index contributed by atoms with van der Waals surface area (Å²) in [6.07, 6.45) is 0.979. The van der Waals surface area contributed by atoms with Gasteiger partial charge in [0, 0.05) is 11.5 Å². The largest absolute Gasteiger partial charge is 0.508 e. The van der Waals surface area contributed by atoms with Crippen molar-refractivity contribution < 1.29 is 5.11 Å². The molecular formula is C12H16O. The summed E-state index contributed by atoms with van der Waals surface area (Å²) in [5.41, 5.74) is 2.08. The third kappa shape index (κ3) is 2.11. The lowest BCUT2D eigenvalue weighted by atomic mass is 9.90. The van der Waals surface area contributed by atoms with Gasteiger partial charge in [-0.25, -0.2) is 0 Å². The van der Waals surface area contributed by atoms with Crippen LogP contribution in [0.3, 0.4) is 0 Å². The van der Waals surface area contributed by atoms with E-state index in [1.54, 1.807) is 6.07 Å². The highest BCUT2D eigenvalue weighted by atomic mass is 16.3. The molecule has 70 valence electrons. The van der Waals surface area contributed by atoms with Gasteiger partial charge in [-0.15, -0.1) is 0 Å². The van der Waals surface area contributed by atoms with E-state index in [0.717, 1.165) is 17.6 Å². The second kappa shape index (κ2) is 4.13. The van der Waals surface area contributed by atoms with Gasteiger partial charge in [0.1, 0.15) is 5.75 Å². The monoisotopic (exact) mass is 176 g/mol. The highest BCUT2D eigenvalue weighted by Gasteiger charge is 2.12. The van der Waals surface area contributed by atoms with E-state index in [9.17, 15) is 5.11 Å². The molecule has 0 aliphatic heterocycles. The van der Waals surface area contributed by atoms with Gasteiger partial charge in [-0.2, -0.15) is 0 Å². The summed E-state index contributed by atoms with van der Waals surface area (Å²) in [4.78, 5) is 0. The quantitative estimate of drug-likeness (QED) is 0.699. The SMILES string of the molecule is C=C(C)C(CC)c1ccccc1O. The number of para-hydroxylation sites is 1. The molecule has 0 radical (unpaired) electrons. The highest BCUT2D eigenvalue weighted by Crippen LogP contribution is 2.32. The maximum atomic E-state index is 9.62. The van der Waals surface area contributed by atoms with E-state index in [1.807, 2.05) is 25.1 Å². The lowest BCUT2D eigenvalue weighted by Crippen LogP contribution is -1.98. The second-order valence-corrected chi connectivity index (χ2v) is 3.37. The number of phenolic OH excluding ortho intramolecular Hbond substituents is 1. The molecular weight excluding hydrogens is 160 g/mol. The van der Waals surface area contributed by atoms with Crippen LogP contribution in [-0.2, 0) is 0 Å². The number of aromatic hydroxyl groups is 1. The van der Waals surface area contributed by atoms with E-state index in [2.05, 4.69) is 13.5 Å². The van der Waals surface area contributed by atoms with E-state index >= 15 is 0 Å². The van der Waals surface area contributed by atoms with Crippen molar-refractivity contribution in [2.75, 3.05) is 0 Å². The van der Waals surface area contributed by atoms with Crippen LogP contribution in [0.1, 0.15) is 31.7 Å². The average Bonchev–Trinajstić information content (AvgIpc) is 2.09. The first kappa shape index (κ1) is 9.85. The topological polar surface area (TPSA) is 20.2 Å². The van der Waals surface area contributed by atoms with Crippen LogP contribution < -0.4 is 0 Å². The first-order valence-corrected chi connectivity index (χ1v) is 4.60. The molecule has 0 saturated carbocycles. The number of hydrogen-bond donors (Lipinski definition) is 1. The number of rotatable bonds is 3. The summed E-state index contributed by atoms with van der Waals surface area (Å²) in [6.45, 7) is 8.04. The fraction of sp³-hybridized carbons (Fsp3) is 0.333. The third-order valence-electron chi connectivity index (χ3n) is 2.32. The Morgan fingerprint density at radius 1 is 1.46 bits per heavy atom. The van der Waals surface area contributed by atoms with Crippen molar-refractivity contribution in [3.8, 4) is 5.75 Å². The first-order chi connectivity index (χ1) is 6.16. The van der Waals surface area contributed by atoms with E-state index in [4.69, 9.17) is 0 Å². The summed E-state index contributed by atoms with van der Waals surface area (Å²) in [7, 11) is 0. The average molecular weight is 176 g/mol. The number of phenols is 1. The zero-order valence-electron chi connectivity index (χ0n) is 8.25. The molecule has 1 atom stereocenters. The van der Waals surface area contributed by atoms with Crippen molar-refractivity contribution in [1.29, 1.82) is 0 Å². The Hall–Kier alpha value is -1.24. The van der Waals surface area contributed by atoms with Crippen LogP contribution in [0.15, 0.2) is 36.4 Å². The molecule has 1 N–H and O–H groups in total. The van der Waals surface area contributed by atoms with E-state index in [1.165, 1.54) is 0 Å². The van der Waals surface area contributed by atoms with Crippen LogP contribution in [0.25, 0.3) is 0 Å². The van der Waals surface area contributed by atoms with Crippen molar-refractivity contribution in [2.45, 2.75) is 26.2 Å². The van der Waals surface area contributed by atoms with Crippen molar-refractivity contribution in [2.24, 2.45) is 0 Å². The second-order valence-electron chi connectivity index (χ2n) is 3.37. The zero-order valence-corrected chi connectivity index (χ0v) is 8.25. The molecule has 0 aromatic heterocycles. The molecule has 0 aliphatic rings. The van der Waals surface area contributed by atoms with Gasteiger partial charge in [0.05, 0.1) is 0 Å². The number of allylic oxidation sites excluding steroid dienone is 1. The summed E-state index contributed by atoms with van der Waals surface area (Å²) in [5, 5.41) is 9.62. The predicted octanol–water partition coefficient (Wildman–Crippen LogP) is 3.46. The number of benzene rings is 1. The molecule has 0 bridgehead atoms. The molecule has 0 aliphatic carbocycles. The maximum absolute atomic E-state index is 9.62.